The zero-order chi connectivity index (χ0) is 20.1. The first-order valence-corrected chi connectivity index (χ1v) is 10.3. The van der Waals surface area contributed by atoms with Gasteiger partial charge in [0.05, 0.1) is 0 Å². The number of piperidine rings is 1. The van der Waals surface area contributed by atoms with Crippen molar-refractivity contribution in [2.75, 3.05) is 26.8 Å². The van der Waals surface area contributed by atoms with Crippen molar-refractivity contribution in [2.45, 2.75) is 31.3 Å². The Morgan fingerprint density at radius 3 is 2.69 bits per heavy atom. The zero-order valence-electron chi connectivity index (χ0n) is 17.0. The summed E-state index contributed by atoms with van der Waals surface area (Å²) in [6, 6.07) is 18.2. The Bertz CT molecular complexity index is 943. The fraction of sp³-hybridized carbons (Fsp3) is 0.375. The van der Waals surface area contributed by atoms with Crippen molar-refractivity contribution in [3.63, 3.8) is 0 Å². The number of amides is 1. The average molecular weight is 392 g/mol. The summed E-state index contributed by atoms with van der Waals surface area (Å²) in [7, 11) is 1.72. The van der Waals surface area contributed by atoms with Crippen molar-refractivity contribution in [2.24, 2.45) is 0 Å². The molecule has 1 fully saturated rings. The predicted molar refractivity (Wildman–Crippen MR) is 116 cm³/mol. The van der Waals surface area contributed by atoms with Crippen LogP contribution in [0.1, 0.15) is 35.2 Å². The number of nitrogens with one attached hydrogen (secondary N) is 2. The molecule has 152 valence electrons. The van der Waals surface area contributed by atoms with E-state index < -0.39 is 0 Å². The Labute approximate surface area is 172 Å². The lowest BCUT2D eigenvalue weighted by atomic mass is 9.84. The molecule has 1 amide bonds. The maximum absolute atomic E-state index is 12.8. The number of carbonyl (C=O) groups excluding carboxylic acids is 1. The molecule has 0 atom stereocenters. The number of rotatable bonds is 7. The SMILES string of the molecule is COCCC1(NC(=O)c2ccccc2)CCN(Cc2ccc3[nH]ccc3c2)CC1. The third-order valence-electron chi connectivity index (χ3n) is 6.04. The van der Waals surface area contributed by atoms with Crippen LogP contribution in [0.2, 0.25) is 0 Å². The van der Waals surface area contributed by atoms with Crippen LogP contribution < -0.4 is 5.32 Å². The summed E-state index contributed by atoms with van der Waals surface area (Å²) < 4.78 is 5.34. The van der Waals surface area contributed by atoms with Crippen LogP contribution in [0.3, 0.4) is 0 Å². The molecule has 4 rings (SSSR count). The monoisotopic (exact) mass is 391 g/mol. The summed E-state index contributed by atoms with van der Waals surface area (Å²) in [6.07, 6.45) is 4.68. The summed E-state index contributed by atoms with van der Waals surface area (Å²) in [6.45, 7) is 3.52. The van der Waals surface area contributed by atoms with Crippen LogP contribution in [0, 0.1) is 0 Å². The summed E-state index contributed by atoms with van der Waals surface area (Å²) in [5, 5.41) is 4.59. The number of fused-ring (bicyclic) bond motifs is 1. The maximum atomic E-state index is 12.8. The third kappa shape index (κ3) is 4.69. The standard InChI is InChI=1S/C24H29N3O2/c1-29-16-12-24(26-23(28)20-5-3-2-4-6-20)10-14-27(15-11-24)18-19-7-8-22-21(17-19)9-13-25-22/h2-9,13,17,25H,10-12,14-16,18H2,1H3,(H,26,28). The van der Waals surface area contributed by atoms with E-state index in [1.165, 1.54) is 16.5 Å². The van der Waals surface area contributed by atoms with Crippen molar-refractivity contribution >= 4 is 16.8 Å². The quantitative estimate of drug-likeness (QED) is 0.641. The van der Waals surface area contributed by atoms with E-state index >= 15 is 0 Å². The molecule has 1 saturated heterocycles. The van der Waals surface area contributed by atoms with Gasteiger partial charge in [0, 0.05) is 56.2 Å². The Kier molecular flexibility index (Phi) is 5.97. The van der Waals surface area contributed by atoms with Crippen LogP contribution in [0.5, 0.6) is 0 Å². The Hall–Kier alpha value is -2.63. The highest BCUT2D eigenvalue weighted by Crippen LogP contribution is 2.28. The Balaban J connectivity index is 1.40. The van der Waals surface area contributed by atoms with Crippen molar-refractivity contribution in [1.82, 2.24) is 15.2 Å². The second-order valence-corrected chi connectivity index (χ2v) is 8.02. The van der Waals surface area contributed by atoms with E-state index in [4.69, 9.17) is 4.74 Å². The largest absolute Gasteiger partial charge is 0.385 e. The van der Waals surface area contributed by atoms with Gasteiger partial charge in [0.1, 0.15) is 0 Å². The molecule has 2 aromatic carbocycles. The van der Waals surface area contributed by atoms with Crippen LogP contribution >= 0.6 is 0 Å². The molecule has 3 aromatic rings. The first-order chi connectivity index (χ1) is 14.2. The van der Waals surface area contributed by atoms with E-state index in [-0.39, 0.29) is 11.4 Å². The number of benzene rings is 2. The Morgan fingerprint density at radius 2 is 1.93 bits per heavy atom. The number of hydrogen-bond acceptors (Lipinski definition) is 3. The first kappa shape index (κ1) is 19.7. The number of hydrogen-bond donors (Lipinski definition) is 2. The predicted octanol–water partition coefficient (Wildman–Crippen LogP) is 3.97. The van der Waals surface area contributed by atoms with Crippen molar-refractivity contribution < 1.29 is 9.53 Å². The van der Waals surface area contributed by atoms with Gasteiger partial charge in [0.15, 0.2) is 0 Å². The number of ether oxygens (including phenoxy) is 1. The van der Waals surface area contributed by atoms with Gasteiger partial charge in [-0.2, -0.15) is 0 Å². The number of nitrogens with zero attached hydrogens (tertiary/aromatic N) is 1. The molecular formula is C24H29N3O2. The number of aromatic amines is 1. The molecule has 0 spiro atoms. The lowest BCUT2D eigenvalue weighted by Gasteiger charge is -2.42. The first-order valence-electron chi connectivity index (χ1n) is 10.3. The highest BCUT2D eigenvalue weighted by Gasteiger charge is 2.35. The van der Waals surface area contributed by atoms with Gasteiger partial charge < -0.3 is 15.0 Å². The van der Waals surface area contributed by atoms with Gasteiger partial charge in [0.25, 0.3) is 5.91 Å². The Morgan fingerprint density at radius 1 is 1.14 bits per heavy atom. The van der Waals surface area contributed by atoms with Crippen molar-refractivity contribution in [3.05, 3.63) is 71.9 Å². The molecule has 2 N–H and O–H groups in total. The molecule has 5 heteroatoms. The van der Waals surface area contributed by atoms with Gasteiger partial charge in [0.2, 0.25) is 0 Å². The highest BCUT2D eigenvalue weighted by atomic mass is 16.5. The molecule has 1 aliphatic heterocycles. The molecule has 2 heterocycles. The number of likely N-dealkylation sites (tertiary alicyclic amines) is 1. The molecule has 0 radical (unpaired) electrons. The van der Waals surface area contributed by atoms with Crippen LogP contribution in [0.25, 0.3) is 10.9 Å². The van der Waals surface area contributed by atoms with E-state index in [9.17, 15) is 4.79 Å². The van der Waals surface area contributed by atoms with Crippen LogP contribution in [0.4, 0.5) is 0 Å². The average Bonchev–Trinajstić information content (AvgIpc) is 3.22. The lowest BCUT2D eigenvalue weighted by molar-refractivity contribution is 0.0691. The third-order valence-corrected chi connectivity index (χ3v) is 6.04. The van der Waals surface area contributed by atoms with Gasteiger partial charge in [-0.15, -0.1) is 0 Å². The van der Waals surface area contributed by atoms with E-state index in [1.807, 2.05) is 36.5 Å². The van der Waals surface area contributed by atoms with Crippen molar-refractivity contribution in [3.8, 4) is 0 Å². The molecule has 1 aromatic heterocycles. The summed E-state index contributed by atoms with van der Waals surface area (Å²) in [5.41, 5.74) is 3.01. The van der Waals surface area contributed by atoms with Crippen molar-refractivity contribution in [1.29, 1.82) is 0 Å². The summed E-state index contributed by atoms with van der Waals surface area (Å²) >= 11 is 0. The topological polar surface area (TPSA) is 57.4 Å². The number of aromatic nitrogens is 1. The van der Waals surface area contributed by atoms with Crippen LogP contribution in [0.15, 0.2) is 60.8 Å². The molecule has 1 aliphatic rings. The molecule has 5 nitrogen and oxygen atoms in total. The van der Waals surface area contributed by atoms with Gasteiger partial charge in [-0.05, 0) is 60.5 Å². The van der Waals surface area contributed by atoms with Crippen LogP contribution in [-0.2, 0) is 11.3 Å². The number of methoxy groups -OCH3 is 1. The molecular weight excluding hydrogens is 362 g/mol. The zero-order valence-corrected chi connectivity index (χ0v) is 17.0. The smallest absolute Gasteiger partial charge is 0.251 e. The van der Waals surface area contributed by atoms with E-state index in [2.05, 4.69) is 39.5 Å². The van der Waals surface area contributed by atoms with Crippen LogP contribution in [-0.4, -0.2) is 48.1 Å². The van der Waals surface area contributed by atoms with Gasteiger partial charge in [-0.1, -0.05) is 24.3 Å². The normalized spacial score (nSPS) is 16.7. The highest BCUT2D eigenvalue weighted by molar-refractivity contribution is 5.94. The number of carbonyl (C=O) groups is 1. The number of H-pyrrole nitrogens is 1. The minimum atomic E-state index is -0.204. The van der Waals surface area contributed by atoms with Gasteiger partial charge >= 0.3 is 0 Å². The van der Waals surface area contributed by atoms with Gasteiger partial charge in [-0.3, -0.25) is 9.69 Å². The van der Waals surface area contributed by atoms with Gasteiger partial charge in [-0.25, -0.2) is 0 Å². The fourth-order valence-corrected chi connectivity index (χ4v) is 4.24. The fourth-order valence-electron chi connectivity index (χ4n) is 4.24. The minimum absolute atomic E-state index is 0.00747. The molecule has 29 heavy (non-hydrogen) atoms. The molecule has 0 aliphatic carbocycles. The van der Waals surface area contributed by atoms with E-state index in [0.29, 0.717) is 12.2 Å². The molecule has 0 unspecified atom stereocenters. The molecule has 0 bridgehead atoms. The summed E-state index contributed by atoms with van der Waals surface area (Å²) in [5.74, 6) is 0.00747. The van der Waals surface area contributed by atoms with E-state index in [0.717, 1.165) is 38.9 Å². The van der Waals surface area contributed by atoms with E-state index in [1.54, 1.807) is 7.11 Å². The maximum Gasteiger partial charge on any atom is 0.251 e. The summed E-state index contributed by atoms with van der Waals surface area (Å²) in [4.78, 5) is 18.5. The second-order valence-electron chi connectivity index (χ2n) is 8.02. The minimum Gasteiger partial charge on any atom is -0.385 e. The second kappa shape index (κ2) is 8.80. The molecule has 0 saturated carbocycles. The lowest BCUT2D eigenvalue weighted by Crippen LogP contribution is -2.55.